The maximum Gasteiger partial charge on any atom is 0.277 e. The van der Waals surface area contributed by atoms with Gasteiger partial charge in [-0.2, -0.15) is 0 Å². The highest BCUT2D eigenvalue weighted by Gasteiger charge is 2.21. The number of benzene rings is 2. The minimum atomic E-state index is -0.128. The largest absolute Gasteiger partial charge is 0.346 e. The second-order valence-electron chi connectivity index (χ2n) is 9.21. The summed E-state index contributed by atoms with van der Waals surface area (Å²) in [5, 5.41) is 11.9. The minimum Gasteiger partial charge on any atom is -0.346 e. The van der Waals surface area contributed by atoms with Gasteiger partial charge in [-0.25, -0.2) is 9.67 Å². The van der Waals surface area contributed by atoms with Gasteiger partial charge in [0.05, 0.1) is 22.5 Å². The summed E-state index contributed by atoms with van der Waals surface area (Å²) in [6.07, 6.45) is 3.61. The maximum absolute atomic E-state index is 12.7. The van der Waals surface area contributed by atoms with Crippen LogP contribution in [0.15, 0.2) is 53.3 Å². The van der Waals surface area contributed by atoms with Crippen LogP contribution >= 0.6 is 0 Å². The predicted octanol–water partition coefficient (Wildman–Crippen LogP) is 4.14. The van der Waals surface area contributed by atoms with E-state index in [0.29, 0.717) is 29.8 Å². The summed E-state index contributed by atoms with van der Waals surface area (Å²) in [6, 6.07) is 15.1. The average Bonchev–Trinajstić information content (AvgIpc) is 3.16. The standard InChI is InChI=1S/C26H32N6O2/c1-18(2)17-22(25-28-21-13-8-9-14-23(21)31(25)3)27-24(33)15-5-4-10-16-32-26(34)19-11-6-7-12-20(19)29-30-32/h6-9,11-14,18,22H,4-5,10,15-17H2,1-3H3,(H,27,33)/t22-/m1/s1. The number of carbonyl (C=O) groups excluding carboxylic acids is 1. The Hall–Kier alpha value is -3.55. The molecule has 1 amide bonds. The van der Waals surface area contributed by atoms with Crippen LogP contribution in [-0.4, -0.2) is 30.5 Å². The van der Waals surface area contributed by atoms with E-state index in [2.05, 4.69) is 34.0 Å². The van der Waals surface area contributed by atoms with E-state index in [1.165, 1.54) is 4.68 Å². The summed E-state index contributed by atoms with van der Waals surface area (Å²) in [7, 11) is 2.00. The monoisotopic (exact) mass is 460 g/mol. The van der Waals surface area contributed by atoms with Gasteiger partial charge in [0.2, 0.25) is 5.91 Å². The Morgan fingerprint density at radius 3 is 2.50 bits per heavy atom. The van der Waals surface area contributed by atoms with Gasteiger partial charge < -0.3 is 9.88 Å². The van der Waals surface area contributed by atoms with Crippen LogP contribution in [-0.2, 0) is 18.4 Å². The summed E-state index contributed by atoms with van der Waals surface area (Å²) >= 11 is 0. The number of hydrogen-bond acceptors (Lipinski definition) is 5. The molecule has 0 aliphatic carbocycles. The van der Waals surface area contributed by atoms with E-state index < -0.39 is 0 Å². The molecule has 0 spiro atoms. The molecule has 0 aliphatic heterocycles. The molecular formula is C26H32N6O2. The fourth-order valence-electron chi connectivity index (χ4n) is 4.34. The van der Waals surface area contributed by atoms with E-state index in [9.17, 15) is 9.59 Å². The van der Waals surface area contributed by atoms with Gasteiger partial charge >= 0.3 is 0 Å². The Morgan fingerprint density at radius 1 is 1.00 bits per heavy atom. The number of nitrogens with one attached hydrogen (secondary N) is 1. The number of para-hydroxylation sites is 2. The van der Waals surface area contributed by atoms with Gasteiger partial charge in [-0.1, -0.05) is 49.7 Å². The van der Waals surface area contributed by atoms with Crippen LogP contribution in [0.4, 0.5) is 0 Å². The quantitative estimate of drug-likeness (QED) is 0.359. The zero-order valence-electron chi connectivity index (χ0n) is 20.1. The lowest BCUT2D eigenvalue weighted by Crippen LogP contribution is -2.31. The zero-order valence-corrected chi connectivity index (χ0v) is 20.1. The normalized spacial score (nSPS) is 12.5. The Bertz CT molecular complexity index is 1340. The Labute approximate surface area is 199 Å². The van der Waals surface area contributed by atoms with Crippen molar-refractivity contribution in [2.45, 2.75) is 58.5 Å². The van der Waals surface area contributed by atoms with Gasteiger partial charge in [0.1, 0.15) is 11.3 Å². The van der Waals surface area contributed by atoms with E-state index >= 15 is 0 Å². The van der Waals surface area contributed by atoms with Crippen molar-refractivity contribution in [2.75, 3.05) is 0 Å². The lowest BCUT2D eigenvalue weighted by molar-refractivity contribution is -0.122. The number of unbranched alkanes of at least 4 members (excludes halogenated alkanes) is 2. The van der Waals surface area contributed by atoms with Crippen molar-refractivity contribution in [1.82, 2.24) is 29.9 Å². The molecule has 8 nitrogen and oxygen atoms in total. The molecular weight excluding hydrogens is 428 g/mol. The lowest BCUT2D eigenvalue weighted by Gasteiger charge is -2.20. The van der Waals surface area contributed by atoms with Gasteiger partial charge in [0.25, 0.3) is 5.56 Å². The third-order valence-electron chi connectivity index (χ3n) is 6.08. The number of aromatic nitrogens is 5. The van der Waals surface area contributed by atoms with Gasteiger partial charge in [-0.15, -0.1) is 5.10 Å². The lowest BCUT2D eigenvalue weighted by atomic mass is 10.0. The summed E-state index contributed by atoms with van der Waals surface area (Å²) in [4.78, 5) is 30.1. The molecule has 2 aromatic carbocycles. The van der Waals surface area contributed by atoms with E-state index in [4.69, 9.17) is 4.98 Å². The highest BCUT2D eigenvalue weighted by atomic mass is 16.1. The predicted molar refractivity (Wildman–Crippen MR) is 133 cm³/mol. The molecule has 4 aromatic rings. The first-order valence-electron chi connectivity index (χ1n) is 12.0. The van der Waals surface area contributed by atoms with E-state index in [1.807, 2.05) is 43.4 Å². The molecule has 0 bridgehead atoms. The molecule has 2 heterocycles. The first-order chi connectivity index (χ1) is 16.4. The number of carbonyl (C=O) groups is 1. The van der Waals surface area contributed by atoms with Crippen molar-refractivity contribution in [3.8, 4) is 0 Å². The number of rotatable bonds is 10. The molecule has 178 valence electrons. The molecule has 0 saturated heterocycles. The number of hydrogen-bond donors (Lipinski definition) is 1. The van der Waals surface area contributed by atoms with Crippen LogP contribution in [0, 0.1) is 5.92 Å². The summed E-state index contributed by atoms with van der Waals surface area (Å²) in [5.74, 6) is 1.34. The topological polar surface area (TPSA) is 94.7 Å². The molecule has 0 radical (unpaired) electrons. The van der Waals surface area contributed by atoms with Gasteiger partial charge in [-0.3, -0.25) is 9.59 Å². The molecule has 0 fully saturated rings. The number of nitrogens with zero attached hydrogens (tertiary/aromatic N) is 5. The van der Waals surface area contributed by atoms with Crippen molar-refractivity contribution in [3.63, 3.8) is 0 Å². The minimum absolute atomic E-state index is 0.0281. The number of fused-ring (bicyclic) bond motifs is 2. The average molecular weight is 461 g/mol. The van der Waals surface area contributed by atoms with Crippen LogP contribution in [0.25, 0.3) is 21.9 Å². The van der Waals surface area contributed by atoms with E-state index in [-0.39, 0.29) is 17.5 Å². The number of amides is 1. The number of aryl methyl sites for hydroxylation is 2. The Kier molecular flexibility index (Phi) is 7.35. The number of imidazole rings is 1. The van der Waals surface area contributed by atoms with Crippen molar-refractivity contribution in [3.05, 3.63) is 64.7 Å². The van der Waals surface area contributed by atoms with Crippen LogP contribution in [0.2, 0.25) is 0 Å². The van der Waals surface area contributed by atoms with Crippen LogP contribution in [0.1, 0.15) is 57.8 Å². The third-order valence-corrected chi connectivity index (χ3v) is 6.08. The first kappa shape index (κ1) is 23.6. The van der Waals surface area contributed by atoms with E-state index in [1.54, 1.807) is 12.1 Å². The highest BCUT2D eigenvalue weighted by Crippen LogP contribution is 2.24. The maximum atomic E-state index is 12.7. The van der Waals surface area contributed by atoms with Crippen LogP contribution in [0.3, 0.4) is 0 Å². The summed E-state index contributed by atoms with van der Waals surface area (Å²) < 4.78 is 3.48. The molecule has 8 heteroatoms. The Morgan fingerprint density at radius 2 is 1.74 bits per heavy atom. The third kappa shape index (κ3) is 5.32. The fourth-order valence-corrected chi connectivity index (χ4v) is 4.34. The first-order valence-corrected chi connectivity index (χ1v) is 12.0. The zero-order chi connectivity index (χ0) is 24.1. The summed E-state index contributed by atoms with van der Waals surface area (Å²) in [6.45, 7) is 4.80. The highest BCUT2D eigenvalue weighted by molar-refractivity contribution is 5.78. The van der Waals surface area contributed by atoms with Gasteiger partial charge in [0, 0.05) is 20.0 Å². The molecule has 0 unspecified atom stereocenters. The van der Waals surface area contributed by atoms with Crippen molar-refractivity contribution < 1.29 is 4.79 Å². The van der Waals surface area contributed by atoms with Crippen molar-refractivity contribution in [2.24, 2.45) is 13.0 Å². The van der Waals surface area contributed by atoms with Crippen LogP contribution < -0.4 is 10.9 Å². The van der Waals surface area contributed by atoms with Gasteiger partial charge in [-0.05, 0) is 49.4 Å². The molecule has 0 saturated carbocycles. The second-order valence-corrected chi connectivity index (χ2v) is 9.21. The van der Waals surface area contributed by atoms with Crippen molar-refractivity contribution in [1.29, 1.82) is 0 Å². The van der Waals surface area contributed by atoms with Gasteiger partial charge in [0.15, 0.2) is 0 Å². The molecule has 0 aliphatic rings. The smallest absolute Gasteiger partial charge is 0.277 e. The summed E-state index contributed by atoms with van der Waals surface area (Å²) in [5.41, 5.74) is 2.49. The van der Waals surface area contributed by atoms with E-state index in [0.717, 1.165) is 42.5 Å². The second kappa shape index (κ2) is 10.6. The molecule has 1 N–H and O–H groups in total. The van der Waals surface area contributed by atoms with Crippen molar-refractivity contribution >= 4 is 27.8 Å². The molecule has 2 aromatic heterocycles. The molecule has 4 rings (SSSR count). The fraction of sp³-hybridized carbons (Fsp3) is 0.423. The Balaban J connectivity index is 1.31. The van der Waals surface area contributed by atoms with Crippen LogP contribution in [0.5, 0.6) is 0 Å². The SMILES string of the molecule is CC(C)C[C@@H](NC(=O)CCCCCn1nnc2ccccc2c1=O)c1nc2ccccc2n1C. The molecule has 1 atom stereocenters. The molecule has 34 heavy (non-hydrogen) atoms.